The average Bonchev–Trinajstić information content (AvgIpc) is 2.48. The number of unbranched alkanes of at least 4 members (excludes halogenated alkanes) is 5. The summed E-state index contributed by atoms with van der Waals surface area (Å²) < 4.78 is 0. The van der Waals surface area contributed by atoms with E-state index in [0.717, 1.165) is 38.5 Å². The van der Waals surface area contributed by atoms with Crippen molar-refractivity contribution in [1.82, 2.24) is 0 Å². The van der Waals surface area contributed by atoms with E-state index in [4.69, 9.17) is 22.2 Å². The number of carbonyl (C=O) groups is 2. The molecule has 4 N–H and O–H groups in total. The number of carbonyl (C=O) groups excluding carboxylic acids is 2. The molecule has 0 fully saturated rings. The molecule has 1 aromatic rings. The van der Waals surface area contributed by atoms with Crippen LogP contribution in [0.5, 0.6) is 5.75 Å². The van der Waals surface area contributed by atoms with Crippen LogP contribution in [0.25, 0.3) is 0 Å². The SMILES string of the molecule is NC(=O)CCCCCCCCC(=O)ONc1ccc(Cl)cc1O. The molecule has 6 nitrogen and oxygen atoms in total. The number of rotatable bonds is 11. The topological polar surface area (TPSA) is 102 Å². The molecule has 1 aromatic carbocycles. The third-order valence-corrected chi connectivity index (χ3v) is 3.52. The van der Waals surface area contributed by atoms with Crippen LogP contribution in [0.15, 0.2) is 18.2 Å². The zero-order chi connectivity index (χ0) is 17.1. The van der Waals surface area contributed by atoms with Crippen molar-refractivity contribution in [3.05, 3.63) is 23.2 Å². The Hall–Kier alpha value is -1.95. The lowest BCUT2D eigenvalue weighted by atomic mass is 10.1. The van der Waals surface area contributed by atoms with E-state index >= 15 is 0 Å². The van der Waals surface area contributed by atoms with Crippen LogP contribution in [-0.4, -0.2) is 17.0 Å². The van der Waals surface area contributed by atoms with Crippen LogP contribution in [0.1, 0.15) is 51.4 Å². The lowest BCUT2D eigenvalue weighted by Gasteiger charge is -2.08. The van der Waals surface area contributed by atoms with Crippen LogP contribution in [0, 0.1) is 0 Å². The molecule has 0 saturated heterocycles. The maximum Gasteiger partial charge on any atom is 0.332 e. The van der Waals surface area contributed by atoms with Crippen molar-refractivity contribution in [2.75, 3.05) is 5.48 Å². The number of phenols is 1. The summed E-state index contributed by atoms with van der Waals surface area (Å²) in [5.41, 5.74) is 7.76. The van der Waals surface area contributed by atoms with E-state index in [1.54, 1.807) is 6.07 Å². The Labute approximate surface area is 140 Å². The van der Waals surface area contributed by atoms with Crippen LogP contribution in [0.4, 0.5) is 5.69 Å². The molecule has 23 heavy (non-hydrogen) atoms. The number of primary amides is 1. The number of nitrogens with two attached hydrogens (primary N) is 1. The second kappa shape index (κ2) is 10.7. The standard InChI is InChI=1S/C16H23ClN2O4/c17-12-9-10-13(14(20)11-12)19-23-16(22)8-6-4-2-1-3-5-7-15(18)21/h9-11,19-20H,1-8H2,(H2,18,21). The Bertz CT molecular complexity index is 523. The van der Waals surface area contributed by atoms with Gasteiger partial charge in [0.25, 0.3) is 0 Å². The number of phenolic OH excluding ortho intramolecular Hbond substituents is 1. The van der Waals surface area contributed by atoms with Gasteiger partial charge in [0, 0.05) is 23.9 Å². The van der Waals surface area contributed by atoms with E-state index in [-0.39, 0.29) is 23.3 Å². The molecule has 0 heterocycles. The molecule has 1 rings (SSSR count). The minimum Gasteiger partial charge on any atom is -0.506 e. The molecule has 0 radical (unpaired) electrons. The number of hydrogen-bond acceptors (Lipinski definition) is 5. The molecule has 0 aliphatic rings. The summed E-state index contributed by atoms with van der Waals surface area (Å²) in [4.78, 5) is 27.0. The lowest BCUT2D eigenvalue weighted by molar-refractivity contribution is -0.140. The van der Waals surface area contributed by atoms with Gasteiger partial charge in [0.15, 0.2) is 0 Å². The first-order valence-corrected chi connectivity index (χ1v) is 8.09. The molecule has 0 unspecified atom stereocenters. The summed E-state index contributed by atoms with van der Waals surface area (Å²) in [5.74, 6) is -0.721. The predicted octanol–water partition coefficient (Wildman–Crippen LogP) is 3.52. The molecular formula is C16H23ClN2O4. The second-order valence-corrected chi connectivity index (χ2v) is 5.76. The van der Waals surface area contributed by atoms with Gasteiger partial charge in [-0.05, 0) is 25.0 Å². The average molecular weight is 343 g/mol. The molecule has 0 atom stereocenters. The third-order valence-electron chi connectivity index (χ3n) is 3.29. The summed E-state index contributed by atoms with van der Waals surface area (Å²) in [6, 6.07) is 4.46. The van der Waals surface area contributed by atoms with Gasteiger partial charge in [0.2, 0.25) is 5.91 Å². The van der Waals surface area contributed by atoms with Gasteiger partial charge in [-0.2, -0.15) is 0 Å². The lowest BCUT2D eigenvalue weighted by Crippen LogP contribution is -2.10. The number of anilines is 1. The van der Waals surface area contributed by atoms with E-state index in [9.17, 15) is 14.7 Å². The number of hydrogen-bond donors (Lipinski definition) is 3. The highest BCUT2D eigenvalue weighted by Crippen LogP contribution is 2.26. The van der Waals surface area contributed by atoms with Crippen LogP contribution in [0.3, 0.4) is 0 Å². The van der Waals surface area contributed by atoms with Gasteiger partial charge < -0.3 is 15.7 Å². The van der Waals surface area contributed by atoms with Gasteiger partial charge in [-0.15, -0.1) is 0 Å². The summed E-state index contributed by atoms with van der Waals surface area (Å²) in [5, 5.41) is 9.99. The minimum absolute atomic E-state index is 0.0822. The molecule has 128 valence electrons. The number of nitrogens with one attached hydrogen (secondary N) is 1. The summed E-state index contributed by atoms with van der Waals surface area (Å²) in [7, 11) is 0. The first-order valence-electron chi connectivity index (χ1n) is 7.71. The zero-order valence-corrected chi connectivity index (χ0v) is 13.8. The van der Waals surface area contributed by atoms with Crippen molar-refractivity contribution < 1.29 is 19.5 Å². The van der Waals surface area contributed by atoms with E-state index in [1.165, 1.54) is 12.1 Å². The van der Waals surface area contributed by atoms with Gasteiger partial charge in [-0.25, -0.2) is 10.3 Å². The van der Waals surface area contributed by atoms with Crippen molar-refractivity contribution in [3.8, 4) is 5.75 Å². The molecule has 1 amide bonds. The Morgan fingerprint density at radius 2 is 1.70 bits per heavy atom. The fraction of sp³-hybridized carbons (Fsp3) is 0.500. The molecule has 0 spiro atoms. The Kier molecular flexibility index (Phi) is 8.90. The van der Waals surface area contributed by atoms with Crippen LogP contribution >= 0.6 is 11.6 Å². The van der Waals surface area contributed by atoms with Gasteiger partial charge in [0.05, 0.1) is 0 Å². The highest BCUT2D eigenvalue weighted by molar-refractivity contribution is 6.30. The molecule has 0 aliphatic heterocycles. The normalized spacial score (nSPS) is 10.3. The van der Waals surface area contributed by atoms with E-state index in [0.29, 0.717) is 17.9 Å². The number of amides is 1. The van der Waals surface area contributed by atoms with Crippen molar-refractivity contribution >= 4 is 29.2 Å². The molecule has 0 aliphatic carbocycles. The summed E-state index contributed by atoms with van der Waals surface area (Å²) >= 11 is 5.71. The van der Waals surface area contributed by atoms with E-state index < -0.39 is 0 Å². The fourth-order valence-corrected chi connectivity index (χ4v) is 2.20. The molecular weight excluding hydrogens is 320 g/mol. The highest BCUT2D eigenvalue weighted by Gasteiger charge is 2.06. The second-order valence-electron chi connectivity index (χ2n) is 5.33. The Morgan fingerprint density at radius 1 is 1.09 bits per heavy atom. The number of benzene rings is 1. The first-order chi connectivity index (χ1) is 11.0. The maximum absolute atomic E-state index is 11.6. The molecule has 0 aromatic heterocycles. The minimum atomic E-state index is -0.381. The van der Waals surface area contributed by atoms with Crippen molar-refractivity contribution in [2.45, 2.75) is 51.4 Å². The zero-order valence-electron chi connectivity index (χ0n) is 13.0. The van der Waals surface area contributed by atoms with Crippen molar-refractivity contribution in [2.24, 2.45) is 5.73 Å². The smallest absolute Gasteiger partial charge is 0.332 e. The van der Waals surface area contributed by atoms with Gasteiger partial charge in [0.1, 0.15) is 11.4 Å². The van der Waals surface area contributed by atoms with Crippen molar-refractivity contribution in [3.63, 3.8) is 0 Å². The summed E-state index contributed by atoms with van der Waals surface area (Å²) in [6.45, 7) is 0. The summed E-state index contributed by atoms with van der Waals surface area (Å²) in [6.07, 6.45) is 6.26. The van der Waals surface area contributed by atoms with Crippen molar-refractivity contribution in [1.29, 1.82) is 0 Å². The number of aromatic hydroxyl groups is 1. The Morgan fingerprint density at radius 3 is 2.30 bits per heavy atom. The first kappa shape index (κ1) is 19.1. The van der Waals surface area contributed by atoms with E-state index in [2.05, 4.69) is 5.48 Å². The fourth-order valence-electron chi connectivity index (χ4n) is 2.03. The Balaban J connectivity index is 2.05. The number of halogens is 1. The van der Waals surface area contributed by atoms with Crippen LogP contribution in [-0.2, 0) is 14.4 Å². The monoisotopic (exact) mass is 342 g/mol. The quantitative estimate of drug-likeness (QED) is 0.324. The molecule has 0 bridgehead atoms. The third kappa shape index (κ3) is 8.93. The molecule has 7 heteroatoms. The maximum atomic E-state index is 11.6. The highest BCUT2D eigenvalue weighted by atomic mass is 35.5. The van der Waals surface area contributed by atoms with Gasteiger partial charge in [-0.1, -0.05) is 37.3 Å². The van der Waals surface area contributed by atoms with Gasteiger partial charge >= 0.3 is 5.97 Å². The largest absolute Gasteiger partial charge is 0.506 e. The van der Waals surface area contributed by atoms with E-state index in [1.807, 2.05) is 0 Å². The van der Waals surface area contributed by atoms with Gasteiger partial charge in [-0.3, -0.25) is 4.79 Å². The predicted molar refractivity (Wildman–Crippen MR) is 89.0 cm³/mol. The molecule has 0 saturated carbocycles. The van der Waals surface area contributed by atoms with Crippen LogP contribution < -0.4 is 11.2 Å². The van der Waals surface area contributed by atoms with Crippen LogP contribution in [0.2, 0.25) is 5.02 Å².